The van der Waals surface area contributed by atoms with Crippen molar-refractivity contribution in [1.29, 1.82) is 0 Å². The molecule has 0 aliphatic rings. The molecule has 0 bridgehead atoms. The fraction of sp³-hybridized carbons (Fsp3) is 0.129. The molecular formula is C31H28N4O4S2. The molecule has 1 aromatic heterocycles. The number of fused-ring (bicyclic) bond motifs is 1. The van der Waals surface area contributed by atoms with E-state index in [4.69, 9.17) is 4.74 Å². The van der Waals surface area contributed by atoms with Crippen LogP contribution in [0.3, 0.4) is 0 Å². The molecule has 4 aromatic carbocycles. The summed E-state index contributed by atoms with van der Waals surface area (Å²) in [5.41, 5.74) is 3.78. The summed E-state index contributed by atoms with van der Waals surface area (Å²) >= 11 is 1.31. The number of thiazole rings is 1. The third-order valence-electron chi connectivity index (χ3n) is 6.42. The Bertz CT molecular complexity index is 1800. The Morgan fingerprint density at radius 3 is 2.37 bits per heavy atom. The van der Waals surface area contributed by atoms with Gasteiger partial charge in [0.2, 0.25) is 15.2 Å². The quantitative estimate of drug-likeness (QED) is 0.154. The van der Waals surface area contributed by atoms with Gasteiger partial charge < -0.3 is 4.74 Å². The topological polar surface area (TPSA) is 92.2 Å². The van der Waals surface area contributed by atoms with Gasteiger partial charge in [-0.2, -0.15) is 14.4 Å². The molecule has 0 saturated carbocycles. The summed E-state index contributed by atoms with van der Waals surface area (Å²) in [7, 11) is -0.645. The van der Waals surface area contributed by atoms with Gasteiger partial charge in [-0.05, 0) is 60.5 Å². The lowest BCUT2D eigenvalue weighted by Gasteiger charge is -2.18. The maximum atomic E-state index is 13.8. The predicted octanol–water partition coefficient (Wildman–Crippen LogP) is 6.11. The van der Waals surface area contributed by atoms with Gasteiger partial charge in [0.05, 0.1) is 28.4 Å². The number of methoxy groups -OCH3 is 1. The Hall–Kier alpha value is -4.38. The molecule has 0 saturated heterocycles. The molecule has 10 heteroatoms. The van der Waals surface area contributed by atoms with Crippen LogP contribution in [0.15, 0.2) is 107 Å². The van der Waals surface area contributed by atoms with E-state index in [2.05, 4.69) is 10.1 Å². The Kier molecular flexibility index (Phi) is 8.25. The number of sulfonamides is 1. The number of ether oxygens (including phenoxy) is 1. The van der Waals surface area contributed by atoms with Crippen LogP contribution in [-0.4, -0.2) is 44.0 Å². The third kappa shape index (κ3) is 6.35. The standard InChI is InChI=1S/C31H28N4O4S2/c1-22-9-11-23(12-10-22)20-32-35(31-33-28-18-15-26(39-3)19-29(28)40-31)30(36)25-13-16-27(17-14-25)41(37,38)34(2)21-24-7-5-4-6-8-24/h4-20H,21H2,1-3H3/b32-20+. The maximum absolute atomic E-state index is 13.8. The minimum atomic E-state index is -3.77. The normalized spacial score (nSPS) is 11.8. The van der Waals surface area contributed by atoms with E-state index in [9.17, 15) is 13.2 Å². The molecule has 1 amide bonds. The number of amides is 1. The molecule has 41 heavy (non-hydrogen) atoms. The van der Waals surface area contributed by atoms with Crippen molar-refractivity contribution in [3.8, 4) is 5.75 Å². The van der Waals surface area contributed by atoms with Gasteiger partial charge in [0.25, 0.3) is 5.91 Å². The first-order valence-corrected chi connectivity index (χ1v) is 15.0. The fourth-order valence-corrected chi connectivity index (χ4v) is 6.18. The van der Waals surface area contributed by atoms with Crippen molar-refractivity contribution in [3.63, 3.8) is 0 Å². The highest BCUT2D eigenvalue weighted by atomic mass is 32.2. The lowest BCUT2D eigenvalue weighted by molar-refractivity contribution is 0.0987. The van der Waals surface area contributed by atoms with Crippen molar-refractivity contribution in [3.05, 3.63) is 119 Å². The highest BCUT2D eigenvalue weighted by Crippen LogP contribution is 2.32. The largest absolute Gasteiger partial charge is 0.497 e. The lowest BCUT2D eigenvalue weighted by Crippen LogP contribution is -2.27. The van der Waals surface area contributed by atoms with Gasteiger partial charge in [0.1, 0.15) is 5.75 Å². The summed E-state index contributed by atoms with van der Waals surface area (Å²) in [6, 6.07) is 28.5. The van der Waals surface area contributed by atoms with Gasteiger partial charge >= 0.3 is 0 Å². The Morgan fingerprint density at radius 1 is 0.976 bits per heavy atom. The van der Waals surface area contributed by atoms with Crippen LogP contribution < -0.4 is 9.75 Å². The van der Waals surface area contributed by atoms with Gasteiger partial charge in [-0.1, -0.05) is 71.5 Å². The van der Waals surface area contributed by atoms with E-state index in [1.165, 1.54) is 52.0 Å². The molecule has 0 aliphatic heterocycles. The summed E-state index contributed by atoms with van der Waals surface area (Å²) in [6.07, 6.45) is 1.60. The van der Waals surface area contributed by atoms with E-state index in [1.54, 1.807) is 13.3 Å². The first kappa shape index (κ1) is 28.2. The van der Waals surface area contributed by atoms with Crippen LogP contribution >= 0.6 is 11.3 Å². The van der Waals surface area contributed by atoms with Gasteiger partial charge in [0, 0.05) is 19.2 Å². The summed E-state index contributed by atoms with van der Waals surface area (Å²) in [5.74, 6) is 0.240. The molecule has 208 valence electrons. The maximum Gasteiger partial charge on any atom is 0.280 e. The summed E-state index contributed by atoms with van der Waals surface area (Å²) in [5, 5.41) is 6.12. The van der Waals surface area contributed by atoms with Crippen molar-refractivity contribution in [2.75, 3.05) is 19.2 Å². The van der Waals surface area contributed by atoms with Crippen molar-refractivity contribution in [1.82, 2.24) is 9.29 Å². The average molecular weight is 585 g/mol. The molecule has 1 heterocycles. The SMILES string of the molecule is COc1ccc2nc(N(/N=C/c3ccc(C)cc3)C(=O)c3ccc(S(=O)(=O)N(C)Cc4ccccc4)cc3)sc2c1. The molecule has 5 rings (SSSR count). The molecule has 0 aliphatic carbocycles. The highest BCUT2D eigenvalue weighted by molar-refractivity contribution is 7.89. The zero-order valence-electron chi connectivity index (χ0n) is 22.8. The molecule has 0 unspecified atom stereocenters. The number of hydrogen-bond donors (Lipinski definition) is 0. The van der Waals surface area contributed by atoms with E-state index in [0.29, 0.717) is 16.4 Å². The van der Waals surface area contributed by atoms with Crippen LogP contribution in [0.2, 0.25) is 0 Å². The zero-order chi connectivity index (χ0) is 29.0. The lowest BCUT2D eigenvalue weighted by atomic mass is 10.2. The number of hydrogen-bond acceptors (Lipinski definition) is 7. The number of carbonyl (C=O) groups excluding carboxylic acids is 1. The second-order valence-corrected chi connectivity index (χ2v) is 12.4. The minimum absolute atomic E-state index is 0.0919. The monoisotopic (exact) mass is 584 g/mol. The van der Waals surface area contributed by atoms with E-state index >= 15 is 0 Å². The van der Waals surface area contributed by atoms with E-state index in [-0.39, 0.29) is 17.0 Å². The van der Waals surface area contributed by atoms with E-state index < -0.39 is 15.9 Å². The average Bonchev–Trinajstić information content (AvgIpc) is 3.41. The van der Waals surface area contributed by atoms with Crippen molar-refractivity contribution in [2.45, 2.75) is 18.4 Å². The molecule has 0 fully saturated rings. The first-order valence-electron chi connectivity index (χ1n) is 12.7. The van der Waals surface area contributed by atoms with Crippen molar-refractivity contribution >= 4 is 48.8 Å². The molecular weight excluding hydrogens is 556 g/mol. The van der Waals surface area contributed by atoms with Crippen LogP contribution in [0.4, 0.5) is 5.13 Å². The van der Waals surface area contributed by atoms with Gasteiger partial charge in [-0.15, -0.1) is 0 Å². The van der Waals surface area contributed by atoms with Gasteiger partial charge in [0.15, 0.2) is 0 Å². The summed E-state index contributed by atoms with van der Waals surface area (Å²) in [4.78, 5) is 18.5. The van der Waals surface area contributed by atoms with E-state index in [1.807, 2.05) is 79.7 Å². The summed E-state index contributed by atoms with van der Waals surface area (Å²) < 4.78 is 33.8. The number of aryl methyl sites for hydroxylation is 1. The number of nitrogens with zero attached hydrogens (tertiary/aromatic N) is 4. The molecule has 8 nitrogen and oxygen atoms in total. The minimum Gasteiger partial charge on any atom is -0.497 e. The third-order valence-corrected chi connectivity index (χ3v) is 9.23. The molecule has 5 aromatic rings. The van der Waals surface area contributed by atoms with E-state index in [0.717, 1.165) is 21.4 Å². The number of hydrazone groups is 1. The number of benzene rings is 4. The number of aromatic nitrogens is 1. The number of carbonyl (C=O) groups is 1. The zero-order valence-corrected chi connectivity index (χ0v) is 24.4. The Labute approximate surface area is 243 Å². The Morgan fingerprint density at radius 2 is 1.68 bits per heavy atom. The van der Waals surface area contributed by atoms with Crippen LogP contribution in [0.25, 0.3) is 10.2 Å². The van der Waals surface area contributed by atoms with Crippen molar-refractivity contribution < 1.29 is 17.9 Å². The van der Waals surface area contributed by atoms with Gasteiger partial charge in [-0.3, -0.25) is 4.79 Å². The highest BCUT2D eigenvalue weighted by Gasteiger charge is 2.24. The number of rotatable bonds is 9. The number of anilines is 1. The summed E-state index contributed by atoms with van der Waals surface area (Å²) in [6.45, 7) is 2.23. The predicted molar refractivity (Wildman–Crippen MR) is 163 cm³/mol. The molecule has 0 N–H and O–H groups in total. The van der Waals surface area contributed by atoms with Crippen LogP contribution in [0, 0.1) is 6.92 Å². The van der Waals surface area contributed by atoms with Crippen LogP contribution in [0.1, 0.15) is 27.0 Å². The van der Waals surface area contributed by atoms with Crippen molar-refractivity contribution in [2.24, 2.45) is 5.10 Å². The molecule has 0 radical (unpaired) electrons. The Balaban J connectivity index is 1.45. The first-order chi connectivity index (χ1) is 19.7. The van der Waals surface area contributed by atoms with Gasteiger partial charge in [-0.25, -0.2) is 13.4 Å². The smallest absolute Gasteiger partial charge is 0.280 e. The fourth-order valence-electron chi connectivity index (χ4n) is 4.07. The second-order valence-electron chi connectivity index (χ2n) is 9.37. The van der Waals surface area contributed by atoms with Crippen LogP contribution in [0.5, 0.6) is 5.75 Å². The van der Waals surface area contributed by atoms with Crippen LogP contribution in [-0.2, 0) is 16.6 Å². The molecule has 0 spiro atoms. The second kappa shape index (κ2) is 12.0. The molecule has 0 atom stereocenters.